The fraction of sp³-hybridized carbons (Fsp3) is 0.333. The molecular weight excluding hydrogens is 168 g/mol. The Morgan fingerprint density at radius 2 is 1.42 bits per heavy atom. The minimum absolute atomic E-state index is 0.576. The molecule has 0 bridgehead atoms. The quantitative estimate of drug-likeness (QED) is 0.401. The van der Waals surface area contributed by atoms with Crippen molar-refractivity contribution in [1.29, 1.82) is 0 Å². The molecule has 0 spiro atoms. The van der Waals surface area contributed by atoms with E-state index in [1.807, 2.05) is 0 Å². The summed E-state index contributed by atoms with van der Waals surface area (Å²) in [6.07, 6.45) is 0. The highest BCUT2D eigenvalue weighted by Gasteiger charge is 2.08. The van der Waals surface area contributed by atoms with E-state index in [2.05, 4.69) is 16.1 Å². The summed E-state index contributed by atoms with van der Waals surface area (Å²) in [6, 6.07) is 0. The predicted octanol–water partition coefficient (Wildman–Crippen LogP) is -1.47. The maximum Gasteiger partial charge on any atom is 0.339 e. The van der Waals surface area contributed by atoms with Gasteiger partial charge in [0, 0.05) is 0 Å². The van der Waals surface area contributed by atoms with Crippen LogP contribution >= 0.6 is 0 Å². The Morgan fingerprint density at radius 3 is 1.67 bits per heavy atom. The number of ether oxygens (including phenoxy) is 2. The second kappa shape index (κ2) is 5.28. The number of hydrogen-bond acceptors (Lipinski definition) is 6. The highest BCUT2D eigenvalue weighted by atomic mass is 16.7. The summed E-state index contributed by atoms with van der Waals surface area (Å²) in [7, 11) is 0. The van der Waals surface area contributed by atoms with Crippen molar-refractivity contribution < 1.29 is 29.3 Å². The molecule has 0 fully saturated rings. The lowest BCUT2D eigenvalue weighted by Gasteiger charge is -2.04. The van der Waals surface area contributed by atoms with Crippen LogP contribution in [-0.2, 0) is 19.1 Å². The summed E-state index contributed by atoms with van der Waals surface area (Å²) < 4.78 is 8.27. The van der Waals surface area contributed by atoms with Gasteiger partial charge in [-0.2, -0.15) is 0 Å². The van der Waals surface area contributed by atoms with Crippen LogP contribution in [0.5, 0.6) is 0 Å². The third-order valence-electron chi connectivity index (χ3n) is 0.714. The van der Waals surface area contributed by atoms with Gasteiger partial charge in [-0.05, 0) is 6.58 Å². The second-order valence-corrected chi connectivity index (χ2v) is 1.64. The minimum atomic E-state index is -0.995. The zero-order valence-corrected chi connectivity index (χ0v) is 6.15. The first-order valence-corrected chi connectivity index (χ1v) is 2.92. The van der Waals surface area contributed by atoms with Gasteiger partial charge in [-0.15, -0.1) is 0 Å². The first-order valence-electron chi connectivity index (χ1n) is 2.92. The van der Waals surface area contributed by atoms with E-state index < -0.39 is 31.1 Å². The van der Waals surface area contributed by atoms with E-state index in [9.17, 15) is 9.59 Å². The van der Waals surface area contributed by atoms with E-state index in [-0.39, 0.29) is 0 Å². The summed E-state index contributed by atoms with van der Waals surface area (Å²) in [4.78, 5) is 20.6. The summed E-state index contributed by atoms with van der Waals surface area (Å²) >= 11 is 0. The van der Waals surface area contributed by atoms with Crippen LogP contribution in [-0.4, -0.2) is 35.4 Å². The lowest BCUT2D eigenvalue weighted by atomic mass is 10.7. The molecule has 0 aliphatic heterocycles. The number of carbonyl (C=O) groups is 2. The third-order valence-corrected chi connectivity index (χ3v) is 0.714. The Balaban J connectivity index is 3.74. The van der Waals surface area contributed by atoms with Crippen LogP contribution in [0, 0.1) is 0 Å². The minimum Gasteiger partial charge on any atom is -0.391 e. The average molecular weight is 176 g/mol. The number of aliphatic hydroxyl groups excluding tert-OH is 2. The van der Waals surface area contributed by atoms with Crippen LogP contribution < -0.4 is 0 Å². The van der Waals surface area contributed by atoms with Gasteiger partial charge in [0.25, 0.3) is 5.95 Å². The molecule has 0 aromatic heterocycles. The van der Waals surface area contributed by atoms with E-state index in [1.165, 1.54) is 0 Å². The number of hydrogen-bond donors (Lipinski definition) is 2. The molecule has 0 aliphatic carbocycles. The van der Waals surface area contributed by atoms with Crippen molar-refractivity contribution in [3.63, 3.8) is 0 Å². The lowest BCUT2D eigenvalue weighted by Crippen LogP contribution is -2.14. The molecule has 0 aromatic rings. The van der Waals surface area contributed by atoms with Crippen molar-refractivity contribution in [2.24, 2.45) is 0 Å². The van der Waals surface area contributed by atoms with E-state index in [0.29, 0.717) is 0 Å². The van der Waals surface area contributed by atoms with Crippen LogP contribution in [0.25, 0.3) is 0 Å². The van der Waals surface area contributed by atoms with Crippen molar-refractivity contribution in [3.05, 3.63) is 12.5 Å². The Labute approximate surface area is 68.0 Å². The van der Waals surface area contributed by atoms with Gasteiger partial charge in [0.2, 0.25) is 0 Å². The zero-order chi connectivity index (χ0) is 9.56. The highest BCUT2D eigenvalue weighted by molar-refractivity contribution is 5.73. The molecule has 0 aliphatic rings. The topological polar surface area (TPSA) is 93.1 Å². The molecule has 6 heteroatoms. The number of esters is 2. The molecular formula is C6H8O6. The maximum atomic E-state index is 10.3. The van der Waals surface area contributed by atoms with E-state index in [4.69, 9.17) is 10.2 Å². The van der Waals surface area contributed by atoms with Crippen molar-refractivity contribution in [2.75, 3.05) is 13.2 Å². The molecule has 0 aromatic carbocycles. The summed E-state index contributed by atoms with van der Waals surface area (Å²) in [5, 5.41) is 16.3. The van der Waals surface area contributed by atoms with Crippen LogP contribution in [0.4, 0.5) is 0 Å². The predicted molar refractivity (Wildman–Crippen MR) is 35.5 cm³/mol. The standard InChI is InChI=1S/C6H8O6/c1-4(11-5(9)2-7)12-6(10)3-8/h7-8H,1-3H2. The van der Waals surface area contributed by atoms with Crippen molar-refractivity contribution in [2.45, 2.75) is 0 Å². The van der Waals surface area contributed by atoms with Crippen molar-refractivity contribution in [3.8, 4) is 0 Å². The second-order valence-electron chi connectivity index (χ2n) is 1.64. The third kappa shape index (κ3) is 4.42. The van der Waals surface area contributed by atoms with E-state index in [0.717, 1.165) is 0 Å². The van der Waals surface area contributed by atoms with Gasteiger partial charge >= 0.3 is 11.9 Å². The van der Waals surface area contributed by atoms with Gasteiger partial charge in [0.15, 0.2) is 0 Å². The van der Waals surface area contributed by atoms with E-state index in [1.54, 1.807) is 0 Å². The molecule has 0 atom stereocenters. The van der Waals surface area contributed by atoms with Crippen LogP contribution in [0.3, 0.4) is 0 Å². The molecule has 0 heterocycles. The fourth-order valence-corrected chi connectivity index (χ4v) is 0.339. The summed E-state index contributed by atoms with van der Waals surface area (Å²) in [5.74, 6) is -2.57. The maximum absolute atomic E-state index is 10.3. The van der Waals surface area contributed by atoms with Crippen LogP contribution in [0.1, 0.15) is 0 Å². The zero-order valence-electron chi connectivity index (χ0n) is 6.15. The van der Waals surface area contributed by atoms with Gasteiger partial charge in [0.1, 0.15) is 13.2 Å². The largest absolute Gasteiger partial charge is 0.391 e. The Bertz CT molecular complexity index is 176. The SMILES string of the molecule is C=C(OC(=O)CO)OC(=O)CO. The van der Waals surface area contributed by atoms with E-state index >= 15 is 0 Å². The smallest absolute Gasteiger partial charge is 0.339 e. The molecule has 12 heavy (non-hydrogen) atoms. The number of aliphatic hydroxyl groups is 2. The monoisotopic (exact) mass is 176 g/mol. The van der Waals surface area contributed by atoms with Gasteiger partial charge < -0.3 is 19.7 Å². The molecule has 0 unspecified atom stereocenters. The number of carbonyl (C=O) groups excluding carboxylic acids is 2. The van der Waals surface area contributed by atoms with Gasteiger partial charge in [-0.3, -0.25) is 0 Å². The van der Waals surface area contributed by atoms with Crippen LogP contribution in [0.15, 0.2) is 12.5 Å². The normalized spacial score (nSPS) is 8.83. The summed E-state index contributed by atoms with van der Waals surface area (Å²) in [5.41, 5.74) is 0. The fourth-order valence-electron chi connectivity index (χ4n) is 0.339. The molecule has 2 N–H and O–H groups in total. The molecule has 0 radical (unpaired) electrons. The van der Waals surface area contributed by atoms with Gasteiger partial charge in [-0.1, -0.05) is 0 Å². The molecule has 0 saturated carbocycles. The lowest BCUT2D eigenvalue weighted by molar-refractivity contribution is -0.157. The highest BCUT2D eigenvalue weighted by Crippen LogP contribution is 1.96. The first-order chi connectivity index (χ1) is 5.60. The Kier molecular flexibility index (Phi) is 4.66. The van der Waals surface area contributed by atoms with Crippen molar-refractivity contribution >= 4 is 11.9 Å². The Morgan fingerprint density at radius 1 is 1.08 bits per heavy atom. The van der Waals surface area contributed by atoms with Gasteiger partial charge in [-0.25, -0.2) is 9.59 Å². The molecule has 6 nitrogen and oxygen atoms in total. The Hall–Kier alpha value is -1.40. The van der Waals surface area contributed by atoms with Crippen molar-refractivity contribution in [1.82, 2.24) is 0 Å². The molecule has 0 amide bonds. The van der Waals surface area contributed by atoms with Crippen LogP contribution in [0.2, 0.25) is 0 Å². The number of rotatable bonds is 4. The molecule has 68 valence electrons. The first kappa shape index (κ1) is 10.6. The molecule has 0 saturated heterocycles. The average Bonchev–Trinajstić information content (AvgIpc) is 2.03. The summed E-state index contributed by atoms with van der Waals surface area (Å²) in [6.45, 7) is 1.35. The van der Waals surface area contributed by atoms with Gasteiger partial charge in [0.05, 0.1) is 0 Å². The molecule has 0 rings (SSSR count).